The molecule has 1 unspecified atom stereocenters. The number of hydrogen-bond donors (Lipinski definition) is 3. The van der Waals surface area contributed by atoms with Crippen LogP contribution in [0, 0.1) is 5.82 Å². The first kappa shape index (κ1) is 23.9. The van der Waals surface area contributed by atoms with E-state index in [2.05, 4.69) is 4.72 Å². The molecular formula is C19H23ClFNO8S. The fourth-order valence-electron chi connectivity index (χ4n) is 3.60. The summed E-state index contributed by atoms with van der Waals surface area (Å²) < 4.78 is 58.2. The number of carbonyl (C=O) groups is 1. The molecule has 31 heavy (non-hydrogen) atoms. The van der Waals surface area contributed by atoms with Crippen molar-refractivity contribution >= 4 is 33.3 Å². The van der Waals surface area contributed by atoms with Crippen molar-refractivity contribution in [2.24, 2.45) is 0 Å². The smallest absolute Gasteiger partial charge is 0.335 e. The molecule has 1 heterocycles. The van der Waals surface area contributed by atoms with Crippen molar-refractivity contribution < 1.29 is 42.0 Å². The maximum absolute atomic E-state index is 13.3. The Morgan fingerprint density at radius 2 is 1.97 bits per heavy atom. The Labute approximate surface area is 183 Å². The van der Waals surface area contributed by atoms with Crippen LogP contribution in [-0.4, -0.2) is 67.7 Å². The number of carbonyl (C=O) groups excluding carboxylic acids is 1. The number of hydrogen-bond acceptors (Lipinski definition) is 8. The normalized spacial score (nSPS) is 25.3. The number of anilines is 1. The number of halogens is 2. The van der Waals surface area contributed by atoms with Gasteiger partial charge >= 0.3 is 5.97 Å². The van der Waals surface area contributed by atoms with Crippen LogP contribution >= 0.6 is 11.6 Å². The molecular weight excluding hydrogens is 457 g/mol. The highest BCUT2D eigenvalue weighted by molar-refractivity contribution is 7.93. The number of ether oxygens (including phenoxy) is 3. The summed E-state index contributed by atoms with van der Waals surface area (Å²) in [5.41, 5.74) is -0.255. The van der Waals surface area contributed by atoms with Crippen LogP contribution in [-0.2, 0) is 29.0 Å². The third-order valence-electron chi connectivity index (χ3n) is 5.02. The van der Waals surface area contributed by atoms with E-state index < -0.39 is 58.3 Å². The average molecular weight is 480 g/mol. The van der Waals surface area contributed by atoms with E-state index in [1.807, 2.05) is 0 Å². The van der Waals surface area contributed by atoms with E-state index >= 15 is 0 Å². The molecule has 0 aromatic heterocycles. The summed E-state index contributed by atoms with van der Waals surface area (Å²) >= 11 is 5.93. The summed E-state index contributed by atoms with van der Waals surface area (Å²) in [6.45, 7) is 0.723. The van der Waals surface area contributed by atoms with E-state index in [1.165, 1.54) is 12.1 Å². The molecule has 1 aromatic rings. The molecule has 3 rings (SSSR count). The van der Waals surface area contributed by atoms with Gasteiger partial charge < -0.3 is 24.4 Å². The Morgan fingerprint density at radius 1 is 1.32 bits per heavy atom. The lowest BCUT2D eigenvalue weighted by atomic mass is 9.94. The van der Waals surface area contributed by atoms with Crippen LogP contribution in [0.15, 0.2) is 29.8 Å². The van der Waals surface area contributed by atoms with Crippen molar-refractivity contribution in [3.63, 3.8) is 0 Å². The maximum Gasteiger partial charge on any atom is 0.335 e. The highest BCUT2D eigenvalue weighted by Gasteiger charge is 2.51. The summed E-state index contributed by atoms with van der Waals surface area (Å²) in [7, 11) is -4.20. The third-order valence-corrected chi connectivity index (χ3v) is 7.08. The SMILES string of the molecule is CCOC(=O)C1=CC2(CCC1S(=O)(=O)Nc1ccc(F)cc1Cl)O[C@H](CO)[C@@H](CO)O2. The van der Waals surface area contributed by atoms with Crippen LogP contribution in [0.2, 0.25) is 5.02 Å². The van der Waals surface area contributed by atoms with Gasteiger partial charge in [-0.05, 0) is 37.6 Å². The predicted molar refractivity (Wildman–Crippen MR) is 108 cm³/mol. The maximum atomic E-state index is 13.3. The molecule has 1 aliphatic carbocycles. The van der Waals surface area contributed by atoms with Crippen molar-refractivity contribution in [2.75, 3.05) is 24.5 Å². The molecule has 1 aromatic carbocycles. The molecule has 2 aliphatic rings. The Balaban J connectivity index is 1.95. The van der Waals surface area contributed by atoms with E-state index in [0.717, 1.165) is 12.1 Å². The fraction of sp³-hybridized carbons (Fsp3) is 0.526. The lowest BCUT2D eigenvalue weighted by Crippen LogP contribution is -2.42. The van der Waals surface area contributed by atoms with E-state index in [4.69, 9.17) is 25.8 Å². The second-order valence-electron chi connectivity index (χ2n) is 7.11. The molecule has 1 spiro atoms. The predicted octanol–water partition coefficient (Wildman–Crippen LogP) is 1.34. The van der Waals surface area contributed by atoms with Crippen molar-refractivity contribution in [3.8, 4) is 0 Å². The third kappa shape index (κ3) is 5.02. The number of benzene rings is 1. The molecule has 0 radical (unpaired) electrons. The number of esters is 1. The molecule has 1 saturated heterocycles. The number of sulfonamides is 1. The standard InChI is InChI=1S/C19H23ClFNO8S/c1-2-28-18(25)12-8-19(29-15(9-23)16(10-24)30-19)6-5-17(12)31(26,27)22-14-4-3-11(21)7-13(14)20/h3-4,7-8,15-17,22-24H,2,5-6,9-10H2,1H3/t15-,16-,17?/m1/s1. The van der Waals surface area contributed by atoms with Gasteiger partial charge in [0.1, 0.15) is 23.3 Å². The van der Waals surface area contributed by atoms with Gasteiger partial charge in [-0.1, -0.05) is 11.6 Å². The topological polar surface area (TPSA) is 131 Å². The second-order valence-corrected chi connectivity index (χ2v) is 9.38. The van der Waals surface area contributed by atoms with Crippen LogP contribution in [0.3, 0.4) is 0 Å². The zero-order chi connectivity index (χ0) is 22.8. The van der Waals surface area contributed by atoms with Crippen LogP contribution in [0.1, 0.15) is 19.8 Å². The number of aliphatic hydroxyl groups is 2. The van der Waals surface area contributed by atoms with Gasteiger partial charge in [-0.2, -0.15) is 0 Å². The molecule has 0 bridgehead atoms. The molecule has 0 amide bonds. The minimum absolute atomic E-state index is 0.00735. The first-order chi connectivity index (χ1) is 14.6. The highest BCUT2D eigenvalue weighted by Crippen LogP contribution is 2.41. The van der Waals surface area contributed by atoms with Crippen LogP contribution in [0.5, 0.6) is 0 Å². The van der Waals surface area contributed by atoms with Crippen molar-refractivity contribution in [1.29, 1.82) is 0 Å². The molecule has 1 fully saturated rings. The zero-order valence-corrected chi connectivity index (χ0v) is 18.2. The van der Waals surface area contributed by atoms with Crippen molar-refractivity contribution in [2.45, 2.75) is 43.0 Å². The molecule has 9 nitrogen and oxygen atoms in total. The summed E-state index contributed by atoms with van der Waals surface area (Å²) in [4.78, 5) is 12.6. The Hall–Kier alpha value is -1.76. The van der Waals surface area contributed by atoms with Gasteiger partial charge in [0.25, 0.3) is 0 Å². The molecule has 3 N–H and O–H groups in total. The minimum atomic E-state index is -4.20. The van der Waals surface area contributed by atoms with Crippen LogP contribution in [0.25, 0.3) is 0 Å². The Bertz CT molecular complexity index is 958. The molecule has 0 saturated carbocycles. The van der Waals surface area contributed by atoms with E-state index in [1.54, 1.807) is 6.92 Å². The van der Waals surface area contributed by atoms with Crippen molar-refractivity contribution in [1.82, 2.24) is 0 Å². The summed E-state index contributed by atoms with van der Waals surface area (Å²) in [6, 6.07) is 3.18. The summed E-state index contributed by atoms with van der Waals surface area (Å²) in [5, 5.41) is 17.4. The largest absolute Gasteiger partial charge is 0.463 e. The van der Waals surface area contributed by atoms with Gasteiger partial charge in [0.2, 0.25) is 10.0 Å². The first-order valence-electron chi connectivity index (χ1n) is 9.58. The second kappa shape index (κ2) is 9.39. The number of aliphatic hydroxyl groups excluding tert-OH is 2. The number of nitrogens with one attached hydrogen (secondary N) is 1. The molecule has 12 heteroatoms. The van der Waals surface area contributed by atoms with Gasteiger partial charge in [-0.25, -0.2) is 17.6 Å². The number of rotatable bonds is 7. The fourth-order valence-corrected chi connectivity index (χ4v) is 5.43. The molecule has 3 atom stereocenters. The van der Waals surface area contributed by atoms with E-state index in [9.17, 15) is 27.8 Å². The van der Waals surface area contributed by atoms with E-state index in [0.29, 0.717) is 0 Å². The average Bonchev–Trinajstić information content (AvgIpc) is 3.07. The first-order valence-corrected chi connectivity index (χ1v) is 11.5. The van der Waals surface area contributed by atoms with Gasteiger partial charge in [0.15, 0.2) is 5.79 Å². The Morgan fingerprint density at radius 3 is 2.52 bits per heavy atom. The minimum Gasteiger partial charge on any atom is -0.463 e. The quantitative estimate of drug-likeness (QED) is 0.499. The van der Waals surface area contributed by atoms with Crippen LogP contribution < -0.4 is 4.72 Å². The molecule has 172 valence electrons. The summed E-state index contributed by atoms with van der Waals surface area (Å²) in [5.74, 6) is -2.99. The Kier molecular flexibility index (Phi) is 7.24. The van der Waals surface area contributed by atoms with Crippen molar-refractivity contribution in [3.05, 3.63) is 40.7 Å². The molecule has 1 aliphatic heterocycles. The van der Waals surface area contributed by atoms with Gasteiger partial charge in [0.05, 0.1) is 36.1 Å². The van der Waals surface area contributed by atoms with Gasteiger partial charge in [0, 0.05) is 6.42 Å². The lowest BCUT2D eigenvalue weighted by molar-refractivity contribution is -0.154. The van der Waals surface area contributed by atoms with Gasteiger partial charge in [-0.3, -0.25) is 4.72 Å². The van der Waals surface area contributed by atoms with Gasteiger partial charge in [-0.15, -0.1) is 0 Å². The highest BCUT2D eigenvalue weighted by atomic mass is 35.5. The van der Waals surface area contributed by atoms with E-state index in [-0.39, 0.29) is 35.7 Å². The lowest BCUT2D eigenvalue weighted by Gasteiger charge is -2.33. The summed E-state index contributed by atoms with van der Waals surface area (Å²) in [6.07, 6.45) is -0.507. The zero-order valence-electron chi connectivity index (χ0n) is 16.6. The monoisotopic (exact) mass is 479 g/mol. The van der Waals surface area contributed by atoms with Crippen LogP contribution in [0.4, 0.5) is 10.1 Å².